The molecule has 0 aromatic heterocycles. The predicted octanol–water partition coefficient (Wildman–Crippen LogP) is 3.16. The molecule has 1 saturated heterocycles. The van der Waals surface area contributed by atoms with E-state index in [9.17, 15) is 0 Å². The molecule has 1 aliphatic rings. The van der Waals surface area contributed by atoms with E-state index in [4.69, 9.17) is 0 Å². The minimum absolute atomic E-state index is 0.482. The zero-order valence-electron chi connectivity index (χ0n) is 9.94. The van der Waals surface area contributed by atoms with Gasteiger partial charge in [0.1, 0.15) is 0 Å². The Morgan fingerprint density at radius 3 is 2.43 bits per heavy atom. The summed E-state index contributed by atoms with van der Waals surface area (Å²) in [5, 5.41) is 3.60. The molecule has 0 saturated carbocycles. The number of hydrogen-bond acceptors (Lipinski definition) is 2. The number of rotatable bonds is 4. The van der Waals surface area contributed by atoms with Gasteiger partial charge in [0.2, 0.25) is 0 Å². The van der Waals surface area contributed by atoms with Gasteiger partial charge in [0.25, 0.3) is 0 Å². The minimum Gasteiger partial charge on any atom is -0.316 e. The Labute approximate surface area is 93.4 Å². The van der Waals surface area contributed by atoms with Gasteiger partial charge in [-0.25, -0.2) is 0 Å². The van der Waals surface area contributed by atoms with Crippen molar-refractivity contribution in [1.82, 2.24) is 5.32 Å². The second-order valence-corrected chi connectivity index (χ2v) is 6.80. The Morgan fingerprint density at radius 2 is 1.86 bits per heavy atom. The molecular formula is C12H25NS. The van der Waals surface area contributed by atoms with Crippen LogP contribution in [0.25, 0.3) is 0 Å². The normalized spacial score (nSPS) is 19.9. The summed E-state index contributed by atoms with van der Waals surface area (Å²) in [4.78, 5) is 0. The molecule has 1 nitrogen and oxygen atoms in total. The first kappa shape index (κ1) is 12.4. The Hall–Kier alpha value is 0.310. The van der Waals surface area contributed by atoms with Crippen molar-refractivity contribution >= 4 is 11.8 Å². The van der Waals surface area contributed by atoms with E-state index in [0.717, 1.165) is 5.92 Å². The van der Waals surface area contributed by atoms with Gasteiger partial charge in [0.15, 0.2) is 0 Å². The van der Waals surface area contributed by atoms with Gasteiger partial charge in [0.05, 0.1) is 0 Å². The van der Waals surface area contributed by atoms with E-state index in [0.29, 0.717) is 5.41 Å². The van der Waals surface area contributed by atoms with E-state index in [-0.39, 0.29) is 0 Å². The average Bonchev–Trinajstić information content (AvgIpc) is 2.13. The second kappa shape index (κ2) is 6.02. The molecule has 0 aromatic carbocycles. The first-order chi connectivity index (χ1) is 6.58. The van der Waals surface area contributed by atoms with E-state index in [2.05, 4.69) is 37.8 Å². The van der Waals surface area contributed by atoms with Crippen LogP contribution in [0.2, 0.25) is 0 Å². The SMILES string of the molecule is CC(C)(C)CCNCC1CCSCC1. The highest BCUT2D eigenvalue weighted by molar-refractivity contribution is 7.99. The molecule has 0 bridgehead atoms. The molecule has 1 rings (SSSR count). The molecule has 1 heterocycles. The van der Waals surface area contributed by atoms with Crippen LogP contribution in [0.4, 0.5) is 0 Å². The molecule has 14 heavy (non-hydrogen) atoms. The van der Waals surface area contributed by atoms with Gasteiger partial charge in [-0.3, -0.25) is 0 Å². The number of hydrogen-bond donors (Lipinski definition) is 1. The quantitative estimate of drug-likeness (QED) is 0.723. The predicted molar refractivity (Wildman–Crippen MR) is 67.0 cm³/mol. The van der Waals surface area contributed by atoms with Gasteiger partial charge in [-0.05, 0) is 55.2 Å². The van der Waals surface area contributed by atoms with Gasteiger partial charge in [-0.1, -0.05) is 20.8 Å². The molecule has 0 atom stereocenters. The fraction of sp³-hybridized carbons (Fsp3) is 1.00. The molecule has 0 amide bonds. The average molecular weight is 215 g/mol. The van der Waals surface area contributed by atoms with Crippen molar-refractivity contribution in [2.75, 3.05) is 24.6 Å². The number of nitrogens with one attached hydrogen (secondary N) is 1. The zero-order chi connectivity index (χ0) is 10.4. The van der Waals surface area contributed by atoms with Crippen LogP contribution in [0.15, 0.2) is 0 Å². The van der Waals surface area contributed by atoms with Gasteiger partial charge in [0, 0.05) is 0 Å². The molecule has 2 heteroatoms. The highest BCUT2D eigenvalue weighted by atomic mass is 32.2. The maximum Gasteiger partial charge on any atom is -0.00199 e. The molecule has 0 aliphatic carbocycles. The largest absolute Gasteiger partial charge is 0.316 e. The first-order valence-electron chi connectivity index (χ1n) is 5.86. The Balaban J connectivity index is 1.97. The van der Waals surface area contributed by atoms with E-state index in [1.807, 2.05) is 0 Å². The molecule has 0 aromatic rings. The van der Waals surface area contributed by atoms with Crippen molar-refractivity contribution in [3.8, 4) is 0 Å². The third kappa shape index (κ3) is 5.92. The van der Waals surface area contributed by atoms with Gasteiger partial charge in [-0.2, -0.15) is 11.8 Å². The lowest BCUT2D eigenvalue weighted by Gasteiger charge is -2.23. The summed E-state index contributed by atoms with van der Waals surface area (Å²) in [7, 11) is 0. The summed E-state index contributed by atoms with van der Waals surface area (Å²) in [5.41, 5.74) is 0.482. The van der Waals surface area contributed by atoms with E-state index in [1.165, 1.54) is 43.9 Å². The van der Waals surface area contributed by atoms with Crippen LogP contribution in [-0.2, 0) is 0 Å². The molecule has 84 valence electrons. The van der Waals surface area contributed by atoms with Crippen LogP contribution < -0.4 is 5.32 Å². The molecular weight excluding hydrogens is 190 g/mol. The lowest BCUT2D eigenvalue weighted by Crippen LogP contribution is -2.28. The molecule has 0 radical (unpaired) electrons. The minimum atomic E-state index is 0.482. The third-order valence-electron chi connectivity index (χ3n) is 2.83. The second-order valence-electron chi connectivity index (χ2n) is 5.57. The van der Waals surface area contributed by atoms with Crippen molar-refractivity contribution in [1.29, 1.82) is 0 Å². The highest BCUT2D eigenvalue weighted by Crippen LogP contribution is 2.22. The van der Waals surface area contributed by atoms with Crippen molar-refractivity contribution < 1.29 is 0 Å². The van der Waals surface area contributed by atoms with Crippen LogP contribution in [0, 0.1) is 11.3 Å². The third-order valence-corrected chi connectivity index (χ3v) is 3.87. The van der Waals surface area contributed by atoms with Crippen LogP contribution in [0.1, 0.15) is 40.0 Å². The lowest BCUT2D eigenvalue weighted by atomic mass is 9.92. The van der Waals surface area contributed by atoms with Crippen LogP contribution in [-0.4, -0.2) is 24.6 Å². The standard InChI is InChI=1S/C12H25NS/c1-12(2,3)6-7-13-10-11-4-8-14-9-5-11/h11,13H,4-10H2,1-3H3. The number of thioether (sulfide) groups is 1. The monoisotopic (exact) mass is 215 g/mol. The highest BCUT2D eigenvalue weighted by Gasteiger charge is 2.14. The Morgan fingerprint density at radius 1 is 1.21 bits per heavy atom. The summed E-state index contributed by atoms with van der Waals surface area (Å²) in [6.07, 6.45) is 4.13. The van der Waals surface area contributed by atoms with Crippen molar-refractivity contribution in [3.05, 3.63) is 0 Å². The van der Waals surface area contributed by atoms with Crippen molar-refractivity contribution in [2.24, 2.45) is 11.3 Å². The van der Waals surface area contributed by atoms with E-state index < -0.39 is 0 Å². The Kier molecular flexibility index (Phi) is 5.32. The summed E-state index contributed by atoms with van der Waals surface area (Å²) in [5.74, 6) is 3.72. The fourth-order valence-electron chi connectivity index (χ4n) is 1.72. The topological polar surface area (TPSA) is 12.0 Å². The smallest absolute Gasteiger partial charge is 0.00199 e. The lowest BCUT2D eigenvalue weighted by molar-refractivity contribution is 0.353. The molecule has 0 spiro atoms. The molecule has 1 fully saturated rings. The van der Waals surface area contributed by atoms with Crippen LogP contribution >= 0.6 is 11.8 Å². The zero-order valence-corrected chi connectivity index (χ0v) is 10.8. The Bertz CT molecular complexity index is 145. The van der Waals surface area contributed by atoms with Crippen molar-refractivity contribution in [3.63, 3.8) is 0 Å². The van der Waals surface area contributed by atoms with Gasteiger partial charge in [-0.15, -0.1) is 0 Å². The molecule has 0 unspecified atom stereocenters. The molecule has 1 N–H and O–H groups in total. The summed E-state index contributed by atoms with van der Waals surface area (Å²) >= 11 is 2.11. The maximum absolute atomic E-state index is 3.60. The van der Waals surface area contributed by atoms with Crippen LogP contribution in [0.5, 0.6) is 0 Å². The van der Waals surface area contributed by atoms with Crippen molar-refractivity contribution in [2.45, 2.75) is 40.0 Å². The fourth-order valence-corrected chi connectivity index (χ4v) is 2.92. The summed E-state index contributed by atoms with van der Waals surface area (Å²) < 4.78 is 0. The van der Waals surface area contributed by atoms with Crippen LogP contribution in [0.3, 0.4) is 0 Å². The van der Waals surface area contributed by atoms with Gasteiger partial charge >= 0.3 is 0 Å². The summed E-state index contributed by atoms with van der Waals surface area (Å²) in [6.45, 7) is 9.37. The van der Waals surface area contributed by atoms with E-state index in [1.54, 1.807) is 0 Å². The summed E-state index contributed by atoms with van der Waals surface area (Å²) in [6, 6.07) is 0. The van der Waals surface area contributed by atoms with Gasteiger partial charge < -0.3 is 5.32 Å². The molecule has 1 aliphatic heterocycles. The maximum atomic E-state index is 3.60. The first-order valence-corrected chi connectivity index (χ1v) is 7.02. The van der Waals surface area contributed by atoms with E-state index >= 15 is 0 Å².